The fraction of sp³-hybridized carbons (Fsp3) is 0.667. The number of carbonyl (C=O) groups is 2. The normalized spacial score (nSPS) is 11.5. The number of hydrogen-bond donors (Lipinski definition) is 1. The Kier molecular flexibility index (Phi) is 10.9. The summed E-state index contributed by atoms with van der Waals surface area (Å²) in [6.07, 6.45) is 3.27. The highest BCUT2D eigenvalue weighted by Gasteiger charge is 2.22. The molecule has 118 valence electrons. The Labute approximate surface area is 126 Å². The fourth-order valence-corrected chi connectivity index (χ4v) is 1.39. The van der Waals surface area contributed by atoms with Gasteiger partial charge in [0.15, 0.2) is 12.6 Å². The number of nitriles is 1. The Hall–Kier alpha value is -1.87. The van der Waals surface area contributed by atoms with E-state index in [0.29, 0.717) is 18.9 Å². The molecule has 0 saturated heterocycles. The lowest BCUT2D eigenvalue weighted by atomic mass is 10.1. The molecule has 0 aromatic carbocycles. The SMILES string of the molecule is C=CCCC(=O)N[C@@H](COCCC(C)C)C(=O)OCC#N. The molecule has 0 rings (SSSR count). The Morgan fingerprint density at radius 1 is 1.43 bits per heavy atom. The van der Waals surface area contributed by atoms with E-state index in [4.69, 9.17) is 14.7 Å². The molecule has 0 fully saturated rings. The first-order valence-corrected chi connectivity index (χ1v) is 7.02. The zero-order valence-corrected chi connectivity index (χ0v) is 12.8. The van der Waals surface area contributed by atoms with Gasteiger partial charge in [-0.1, -0.05) is 19.9 Å². The van der Waals surface area contributed by atoms with Crippen molar-refractivity contribution in [2.75, 3.05) is 19.8 Å². The van der Waals surface area contributed by atoms with Crippen molar-refractivity contribution in [1.29, 1.82) is 5.26 Å². The molecule has 6 heteroatoms. The molecule has 6 nitrogen and oxygen atoms in total. The van der Waals surface area contributed by atoms with Crippen molar-refractivity contribution in [2.45, 2.75) is 39.2 Å². The van der Waals surface area contributed by atoms with Gasteiger partial charge < -0.3 is 14.8 Å². The molecule has 1 atom stereocenters. The molecule has 0 aromatic rings. The highest BCUT2D eigenvalue weighted by molar-refractivity contribution is 5.84. The van der Waals surface area contributed by atoms with Crippen LogP contribution in [0.5, 0.6) is 0 Å². The minimum atomic E-state index is -0.886. The maximum atomic E-state index is 11.8. The maximum Gasteiger partial charge on any atom is 0.332 e. The Bertz CT molecular complexity index is 374. The molecule has 0 unspecified atom stereocenters. The Morgan fingerprint density at radius 2 is 2.14 bits per heavy atom. The summed E-state index contributed by atoms with van der Waals surface area (Å²) in [6, 6.07) is 0.827. The zero-order valence-electron chi connectivity index (χ0n) is 12.8. The molecule has 0 aromatic heterocycles. The van der Waals surface area contributed by atoms with Gasteiger partial charge in [0, 0.05) is 13.0 Å². The summed E-state index contributed by atoms with van der Waals surface area (Å²) in [5.41, 5.74) is 0. The number of amides is 1. The second-order valence-electron chi connectivity index (χ2n) is 4.97. The van der Waals surface area contributed by atoms with Crippen LogP contribution in [0.15, 0.2) is 12.7 Å². The van der Waals surface area contributed by atoms with Crippen LogP contribution in [0, 0.1) is 17.2 Å². The van der Waals surface area contributed by atoms with Crippen LogP contribution in [0.2, 0.25) is 0 Å². The van der Waals surface area contributed by atoms with Gasteiger partial charge in [-0.25, -0.2) is 4.79 Å². The zero-order chi connectivity index (χ0) is 16.1. The summed E-state index contributed by atoms with van der Waals surface area (Å²) in [5.74, 6) is -0.439. The lowest BCUT2D eigenvalue weighted by Crippen LogP contribution is -2.45. The first-order chi connectivity index (χ1) is 10.0. The van der Waals surface area contributed by atoms with E-state index in [9.17, 15) is 9.59 Å². The number of hydrogen-bond acceptors (Lipinski definition) is 5. The molecule has 0 aliphatic rings. The van der Waals surface area contributed by atoms with E-state index in [-0.39, 0.29) is 25.5 Å². The average molecular weight is 296 g/mol. The van der Waals surface area contributed by atoms with E-state index in [0.717, 1.165) is 6.42 Å². The van der Waals surface area contributed by atoms with Crippen molar-refractivity contribution in [3.8, 4) is 6.07 Å². The standard InChI is InChI=1S/C15H24N2O4/c1-4-5-6-14(18)17-13(15(19)21-10-8-16)11-20-9-7-12(2)3/h4,12-13H,1,5-7,9-11H2,2-3H3,(H,17,18)/t13-/m0/s1. The molecule has 0 radical (unpaired) electrons. The lowest BCUT2D eigenvalue weighted by Gasteiger charge is -2.17. The van der Waals surface area contributed by atoms with Crippen LogP contribution >= 0.6 is 0 Å². The predicted octanol–water partition coefficient (Wildman–Crippen LogP) is 1.57. The van der Waals surface area contributed by atoms with Crippen LogP contribution in [0.25, 0.3) is 0 Å². The topological polar surface area (TPSA) is 88.4 Å². The number of esters is 1. The monoisotopic (exact) mass is 296 g/mol. The van der Waals surface area contributed by atoms with Gasteiger partial charge in [0.2, 0.25) is 5.91 Å². The highest BCUT2D eigenvalue weighted by Crippen LogP contribution is 2.01. The van der Waals surface area contributed by atoms with E-state index >= 15 is 0 Å². The van der Waals surface area contributed by atoms with Crippen molar-refractivity contribution in [3.05, 3.63) is 12.7 Å². The van der Waals surface area contributed by atoms with Gasteiger partial charge in [-0.3, -0.25) is 4.79 Å². The van der Waals surface area contributed by atoms with E-state index in [2.05, 4.69) is 25.7 Å². The molecular weight excluding hydrogens is 272 g/mol. The van der Waals surface area contributed by atoms with Gasteiger partial charge >= 0.3 is 5.97 Å². The third-order valence-electron chi connectivity index (χ3n) is 2.60. The summed E-state index contributed by atoms with van der Waals surface area (Å²) in [7, 11) is 0. The quantitative estimate of drug-likeness (QED) is 0.355. The molecule has 1 amide bonds. The third kappa shape index (κ3) is 10.6. The number of allylic oxidation sites excluding steroid dienone is 1. The van der Waals surface area contributed by atoms with Crippen LogP contribution in [0.1, 0.15) is 33.1 Å². The van der Waals surface area contributed by atoms with Crippen LogP contribution < -0.4 is 5.32 Å². The summed E-state index contributed by atoms with van der Waals surface area (Å²) in [5, 5.41) is 11.0. The lowest BCUT2D eigenvalue weighted by molar-refractivity contribution is -0.148. The second-order valence-corrected chi connectivity index (χ2v) is 4.97. The van der Waals surface area contributed by atoms with Gasteiger partial charge in [-0.05, 0) is 18.8 Å². The molecule has 0 saturated carbocycles. The van der Waals surface area contributed by atoms with E-state index in [1.165, 1.54) is 0 Å². The molecule has 0 bridgehead atoms. The first kappa shape index (κ1) is 19.1. The van der Waals surface area contributed by atoms with Crippen LogP contribution in [-0.4, -0.2) is 37.7 Å². The van der Waals surface area contributed by atoms with Gasteiger partial charge in [0.05, 0.1) is 6.61 Å². The molecule has 0 spiro atoms. The Morgan fingerprint density at radius 3 is 2.71 bits per heavy atom. The Balaban J connectivity index is 4.32. The van der Waals surface area contributed by atoms with Crippen LogP contribution in [0.3, 0.4) is 0 Å². The number of nitrogens with zero attached hydrogens (tertiary/aromatic N) is 1. The minimum Gasteiger partial charge on any atom is -0.449 e. The molecular formula is C15H24N2O4. The predicted molar refractivity (Wildman–Crippen MR) is 78.2 cm³/mol. The van der Waals surface area contributed by atoms with E-state index < -0.39 is 12.0 Å². The largest absolute Gasteiger partial charge is 0.449 e. The van der Waals surface area contributed by atoms with Crippen LogP contribution in [-0.2, 0) is 19.1 Å². The second kappa shape index (κ2) is 11.9. The molecule has 1 N–H and O–H groups in total. The molecule has 0 heterocycles. The maximum absolute atomic E-state index is 11.8. The number of carbonyl (C=O) groups excluding carboxylic acids is 2. The van der Waals surface area contributed by atoms with Gasteiger partial charge in [-0.2, -0.15) is 5.26 Å². The average Bonchev–Trinajstić information content (AvgIpc) is 2.45. The molecule has 21 heavy (non-hydrogen) atoms. The van der Waals surface area contributed by atoms with Crippen molar-refractivity contribution in [3.63, 3.8) is 0 Å². The molecule has 0 aliphatic carbocycles. The van der Waals surface area contributed by atoms with Crippen LogP contribution in [0.4, 0.5) is 0 Å². The first-order valence-electron chi connectivity index (χ1n) is 7.02. The summed E-state index contributed by atoms with van der Waals surface area (Å²) >= 11 is 0. The third-order valence-corrected chi connectivity index (χ3v) is 2.60. The minimum absolute atomic E-state index is 0.0385. The van der Waals surface area contributed by atoms with Crippen molar-refractivity contribution in [2.24, 2.45) is 5.92 Å². The number of ether oxygens (including phenoxy) is 2. The number of nitrogens with one attached hydrogen (secondary N) is 1. The molecule has 0 aliphatic heterocycles. The smallest absolute Gasteiger partial charge is 0.332 e. The fourth-order valence-electron chi connectivity index (χ4n) is 1.39. The van der Waals surface area contributed by atoms with Crippen molar-refractivity contribution < 1.29 is 19.1 Å². The van der Waals surface area contributed by atoms with Gasteiger partial charge in [0.25, 0.3) is 0 Å². The van der Waals surface area contributed by atoms with E-state index in [1.807, 2.05) is 0 Å². The van der Waals surface area contributed by atoms with Crippen molar-refractivity contribution >= 4 is 11.9 Å². The number of rotatable bonds is 11. The van der Waals surface area contributed by atoms with Gasteiger partial charge in [0.1, 0.15) is 6.07 Å². The summed E-state index contributed by atoms with van der Waals surface area (Å²) in [6.45, 7) is 7.87. The highest BCUT2D eigenvalue weighted by atomic mass is 16.5. The van der Waals surface area contributed by atoms with Gasteiger partial charge in [-0.15, -0.1) is 6.58 Å². The van der Waals surface area contributed by atoms with E-state index in [1.54, 1.807) is 12.1 Å². The van der Waals surface area contributed by atoms with Crippen molar-refractivity contribution in [1.82, 2.24) is 5.32 Å². The summed E-state index contributed by atoms with van der Waals surface area (Å²) < 4.78 is 10.1. The summed E-state index contributed by atoms with van der Waals surface area (Å²) in [4.78, 5) is 23.4.